The third-order valence-electron chi connectivity index (χ3n) is 5.44. The third-order valence-corrected chi connectivity index (χ3v) is 5.44. The Morgan fingerprint density at radius 3 is 2.36 bits per heavy atom. The number of hydrogen-bond donors (Lipinski definition) is 1. The van der Waals surface area contributed by atoms with Gasteiger partial charge in [0.2, 0.25) is 17.4 Å². The first kappa shape index (κ1) is 17.4. The summed E-state index contributed by atoms with van der Waals surface area (Å²) in [5, 5.41) is 1.80. The third kappa shape index (κ3) is 2.41. The fraction of sp³-hybridized carbons (Fsp3) is 0.500. The molecular formula is C18H23N2O5+. The van der Waals surface area contributed by atoms with Crippen LogP contribution in [0.4, 0.5) is 0 Å². The molecule has 2 saturated heterocycles. The van der Waals surface area contributed by atoms with Gasteiger partial charge in [0.1, 0.15) is 23.6 Å². The van der Waals surface area contributed by atoms with Crippen molar-refractivity contribution in [2.24, 2.45) is 11.8 Å². The standard InChI is InChI=1S/C18H22N2O5/c1-5-20-15(21)12-13(16(20)22)18(2,17(23)25-4)19-14(12)10-6-8-11(24-3)9-7-10/h6-9,12-14,19H,5H2,1-4H3/p+1/t12-,13+,14-,18-/m1/s1. The lowest BCUT2D eigenvalue weighted by molar-refractivity contribution is -0.731. The summed E-state index contributed by atoms with van der Waals surface area (Å²) in [6.07, 6.45) is 0. The molecule has 2 N–H and O–H groups in total. The maximum Gasteiger partial charge on any atom is 0.368 e. The average molecular weight is 347 g/mol. The van der Waals surface area contributed by atoms with Gasteiger partial charge >= 0.3 is 5.97 Å². The molecular weight excluding hydrogens is 324 g/mol. The van der Waals surface area contributed by atoms with Crippen molar-refractivity contribution >= 4 is 17.8 Å². The topological polar surface area (TPSA) is 89.5 Å². The molecule has 0 aliphatic carbocycles. The summed E-state index contributed by atoms with van der Waals surface area (Å²) in [6, 6.07) is 7.03. The number of amides is 2. The van der Waals surface area contributed by atoms with Gasteiger partial charge in [-0.15, -0.1) is 0 Å². The molecule has 2 heterocycles. The smallest absolute Gasteiger partial charge is 0.368 e. The van der Waals surface area contributed by atoms with E-state index in [0.717, 1.165) is 5.56 Å². The number of imide groups is 1. The van der Waals surface area contributed by atoms with E-state index in [1.165, 1.54) is 12.0 Å². The van der Waals surface area contributed by atoms with Crippen molar-refractivity contribution in [3.05, 3.63) is 29.8 Å². The van der Waals surface area contributed by atoms with Crippen molar-refractivity contribution in [2.75, 3.05) is 20.8 Å². The summed E-state index contributed by atoms with van der Waals surface area (Å²) in [5.41, 5.74) is -0.247. The number of carbonyl (C=O) groups is 3. The molecule has 0 spiro atoms. The van der Waals surface area contributed by atoms with Crippen LogP contribution in [0.5, 0.6) is 5.75 Å². The molecule has 2 aliphatic heterocycles. The Balaban J connectivity index is 2.06. The summed E-state index contributed by atoms with van der Waals surface area (Å²) in [4.78, 5) is 39.3. The van der Waals surface area contributed by atoms with Gasteiger partial charge in [-0.1, -0.05) is 0 Å². The van der Waals surface area contributed by atoms with Gasteiger partial charge in [0, 0.05) is 19.0 Å². The van der Waals surface area contributed by atoms with Gasteiger partial charge in [-0.3, -0.25) is 14.5 Å². The molecule has 7 nitrogen and oxygen atoms in total. The number of fused-ring (bicyclic) bond motifs is 1. The molecule has 0 bridgehead atoms. The molecule has 0 radical (unpaired) electrons. The van der Waals surface area contributed by atoms with Crippen LogP contribution < -0.4 is 10.1 Å². The predicted molar refractivity (Wildman–Crippen MR) is 87.5 cm³/mol. The fourth-order valence-electron chi connectivity index (χ4n) is 4.18. The molecule has 0 aromatic heterocycles. The first-order chi connectivity index (χ1) is 11.9. The van der Waals surface area contributed by atoms with Crippen LogP contribution in [0.2, 0.25) is 0 Å². The number of benzene rings is 1. The van der Waals surface area contributed by atoms with Gasteiger partial charge in [-0.25, -0.2) is 4.79 Å². The lowest BCUT2D eigenvalue weighted by Crippen LogP contribution is -2.97. The van der Waals surface area contributed by atoms with E-state index in [2.05, 4.69) is 0 Å². The molecule has 1 aromatic carbocycles. The van der Waals surface area contributed by atoms with E-state index in [-0.39, 0.29) is 17.9 Å². The molecule has 2 fully saturated rings. The molecule has 134 valence electrons. The number of likely N-dealkylation sites (tertiary alicyclic amines) is 1. The van der Waals surface area contributed by atoms with E-state index in [4.69, 9.17) is 9.47 Å². The lowest BCUT2D eigenvalue weighted by Gasteiger charge is -2.25. The van der Waals surface area contributed by atoms with Crippen LogP contribution in [-0.2, 0) is 19.1 Å². The maximum atomic E-state index is 12.8. The van der Waals surface area contributed by atoms with Crippen LogP contribution in [0.3, 0.4) is 0 Å². The summed E-state index contributed by atoms with van der Waals surface area (Å²) in [6.45, 7) is 3.75. The highest BCUT2D eigenvalue weighted by Crippen LogP contribution is 2.44. The van der Waals surface area contributed by atoms with Gasteiger partial charge in [0.15, 0.2) is 0 Å². The number of rotatable bonds is 4. The minimum atomic E-state index is -1.12. The molecule has 0 unspecified atom stereocenters. The number of hydrogen-bond acceptors (Lipinski definition) is 5. The normalized spacial score (nSPS) is 31.2. The number of nitrogens with zero attached hydrogens (tertiary/aromatic N) is 1. The Hall–Kier alpha value is -2.41. The Labute approximate surface area is 146 Å². The largest absolute Gasteiger partial charge is 0.497 e. The number of quaternary nitrogens is 1. The SMILES string of the molecule is CCN1C(=O)[C@H]2[C@@H](c3ccc(OC)cc3)[NH2+][C@@](C)(C(=O)OC)[C@@H]2C1=O. The minimum absolute atomic E-state index is 0.220. The highest BCUT2D eigenvalue weighted by molar-refractivity contribution is 6.08. The van der Waals surface area contributed by atoms with Crippen molar-refractivity contribution in [2.45, 2.75) is 25.4 Å². The van der Waals surface area contributed by atoms with Gasteiger partial charge in [-0.2, -0.15) is 0 Å². The molecule has 2 amide bonds. The highest BCUT2D eigenvalue weighted by Gasteiger charge is 2.70. The zero-order valence-electron chi connectivity index (χ0n) is 14.8. The Morgan fingerprint density at radius 1 is 1.20 bits per heavy atom. The molecule has 3 rings (SSSR count). The zero-order valence-corrected chi connectivity index (χ0v) is 14.8. The Morgan fingerprint density at radius 2 is 1.84 bits per heavy atom. The second-order valence-corrected chi connectivity index (χ2v) is 6.66. The molecule has 7 heteroatoms. The van der Waals surface area contributed by atoms with E-state index in [1.807, 2.05) is 24.3 Å². The summed E-state index contributed by atoms with van der Waals surface area (Å²) in [7, 11) is 2.88. The fourth-order valence-corrected chi connectivity index (χ4v) is 4.18. The van der Waals surface area contributed by atoms with E-state index >= 15 is 0 Å². The second kappa shape index (κ2) is 6.15. The molecule has 4 atom stereocenters. The number of ether oxygens (including phenoxy) is 2. The van der Waals surface area contributed by atoms with Gasteiger partial charge in [-0.05, 0) is 31.2 Å². The monoisotopic (exact) mass is 347 g/mol. The van der Waals surface area contributed by atoms with Crippen LogP contribution in [0, 0.1) is 11.8 Å². The van der Waals surface area contributed by atoms with E-state index in [0.29, 0.717) is 12.3 Å². The molecule has 1 aromatic rings. The van der Waals surface area contributed by atoms with E-state index < -0.39 is 23.3 Å². The van der Waals surface area contributed by atoms with Crippen LogP contribution >= 0.6 is 0 Å². The average Bonchev–Trinajstić information content (AvgIpc) is 3.08. The van der Waals surface area contributed by atoms with Crippen LogP contribution in [0.25, 0.3) is 0 Å². The number of nitrogens with two attached hydrogens (primary N) is 1. The summed E-state index contributed by atoms with van der Waals surface area (Å²) in [5.74, 6) is -1.60. The van der Waals surface area contributed by atoms with E-state index in [9.17, 15) is 14.4 Å². The minimum Gasteiger partial charge on any atom is -0.497 e. The number of carbonyl (C=O) groups excluding carboxylic acids is 3. The Kier molecular flexibility index (Phi) is 4.28. The van der Waals surface area contributed by atoms with Gasteiger partial charge < -0.3 is 14.8 Å². The van der Waals surface area contributed by atoms with Gasteiger partial charge in [0.05, 0.1) is 14.2 Å². The predicted octanol–water partition coefficient (Wildman–Crippen LogP) is -0.134. The van der Waals surface area contributed by atoms with Crippen molar-refractivity contribution in [3.8, 4) is 5.75 Å². The first-order valence-electron chi connectivity index (χ1n) is 8.32. The van der Waals surface area contributed by atoms with Crippen molar-refractivity contribution < 1.29 is 29.2 Å². The highest BCUT2D eigenvalue weighted by atomic mass is 16.5. The quantitative estimate of drug-likeness (QED) is 0.605. The van der Waals surface area contributed by atoms with Gasteiger partial charge in [0.25, 0.3) is 0 Å². The lowest BCUT2D eigenvalue weighted by atomic mass is 9.80. The van der Waals surface area contributed by atoms with Crippen molar-refractivity contribution in [1.82, 2.24) is 4.90 Å². The molecule has 0 saturated carbocycles. The Bertz CT molecular complexity index is 717. The van der Waals surface area contributed by atoms with Crippen LogP contribution in [0.15, 0.2) is 24.3 Å². The summed E-state index contributed by atoms with van der Waals surface area (Å²) >= 11 is 0. The van der Waals surface area contributed by atoms with E-state index in [1.54, 1.807) is 26.3 Å². The zero-order chi connectivity index (χ0) is 18.4. The summed E-state index contributed by atoms with van der Waals surface area (Å²) < 4.78 is 10.1. The number of methoxy groups -OCH3 is 2. The maximum absolute atomic E-state index is 12.8. The van der Waals surface area contributed by atoms with Crippen molar-refractivity contribution in [3.63, 3.8) is 0 Å². The number of esters is 1. The molecule has 2 aliphatic rings. The van der Waals surface area contributed by atoms with Crippen LogP contribution in [-0.4, -0.2) is 49.0 Å². The second-order valence-electron chi connectivity index (χ2n) is 6.66. The van der Waals surface area contributed by atoms with Crippen molar-refractivity contribution in [1.29, 1.82) is 0 Å². The first-order valence-corrected chi connectivity index (χ1v) is 8.32. The molecule has 25 heavy (non-hydrogen) atoms. The van der Waals surface area contributed by atoms with Crippen LogP contribution in [0.1, 0.15) is 25.5 Å².